The molecule has 10 heteroatoms. The largest absolute Gasteiger partial charge is 0.494 e. The SMILES string of the molecule is COc1cc(C)c(F)c(COc2cnc(Nc3ccc(C4CCN(C5CCN(C)CC5)CC4)nc3)nc2)c1F. The zero-order chi connectivity index (χ0) is 27.4. The highest BCUT2D eigenvalue weighted by Gasteiger charge is 2.28. The lowest BCUT2D eigenvalue weighted by Crippen LogP contribution is -2.46. The maximum absolute atomic E-state index is 14.5. The first kappa shape index (κ1) is 27.2. The Morgan fingerprint density at radius 2 is 1.67 bits per heavy atom. The Balaban J connectivity index is 1.12. The van der Waals surface area contributed by atoms with Gasteiger partial charge in [-0.3, -0.25) is 4.98 Å². The Morgan fingerprint density at radius 3 is 2.31 bits per heavy atom. The monoisotopic (exact) mass is 538 g/mol. The number of ether oxygens (including phenoxy) is 2. The average molecular weight is 539 g/mol. The molecule has 0 saturated carbocycles. The summed E-state index contributed by atoms with van der Waals surface area (Å²) in [4.78, 5) is 18.3. The minimum atomic E-state index is -0.779. The molecule has 5 rings (SSSR count). The third-order valence-electron chi connectivity index (χ3n) is 7.87. The Bertz CT molecular complexity index is 1240. The van der Waals surface area contributed by atoms with E-state index in [1.165, 1.54) is 51.5 Å². The highest BCUT2D eigenvalue weighted by molar-refractivity contribution is 5.51. The lowest BCUT2D eigenvalue weighted by Gasteiger charge is -2.41. The van der Waals surface area contributed by atoms with Crippen LogP contribution in [-0.2, 0) is 6.61 Å². The first-order valence-electron chi connectivity index (χ1n) is 13.5. The van der Waals surface area contributed by atoms with E-state index in [4.69, 9.17) is 14.5 Å². The number of benzene rings is 1. The van der Waals surface area contributed by atoms with Gasteiger partial charge in [-0.1, -0.05) is 0 Å². The number of methoxy groups -OCH3 is 1. The van der Waals surface area contributed by atoms with Crippen molar-refractivity contribution in [3.63, 3.8) is 0 Å². The van der Waals surface area contributed by atoms with Gasteiger partial charge in [-0.2, -0.15) is 0 Å². The van der Waals surface area contributed by atoms with Gasteiger partial charge in [0.2, 0.25) is 5.95 Å². The second-order valence-corrected chi connectivity index (χ2v) is 10.5. The van der Waals surface area contributed by atoms with Crippen LogP contribution in [0.1, 0.15) is 48.4 Å². The summed E-state index contributed by atoms with van der Waals surface area (Å²) < 4.78 is 39.4. The van der Waals surface area contributed by atoms with Crippen LogP contribution in [0.5, 0.6) is 11.5 Å². The number of aromatic nitrogens is 3. The van der Waals surface area contributed by atoms with Gasteiger partial charge in [-0.15, -0.1) is 0 Å². The van der Waals surface area contributed by atoms with Crippen molar-refractivity contribution in [1.29, 1.82) is 0 Å². The molecule has 0 unspecified atom stereocenters. The lowest BCUT2D eigenvalue weighted by molar-refractivity contribution is 0.0962. The van der Waals surface area contributed by atoms with Crippen molar-refractivity contribution in [1.82, 2.24) is 24.8 Å². The summed E-state index contributed by atoms with van der Waals surface area (Å²) in [6.45, 7) is 5.91. The van der Waals surface area contributed by atoms with Crippen LogP contribution in [0, 0.1) is 18.6 Å². The number of nitrogens with one attached hydrogen (secondary N) is 1. The molecule has 2 aliphatic heterocycles. The highest BCUT2D eigenvalue weighted by Crippen LogP contribution is 2.30. The summed E-state index contributed by atoms with van der Waals surface area (Å²) in [5, 5.41) is 3.14. The number of pyridine rings is 1. The predicted octanol–water partition coefficient (Wildman–Crippen LogP) is 5.06. The van der Waals surface area contributed by atoms with Gasteiger partial charge >= 0.3 is 0 Å². The summed E-state index contributed by atoms with van der Waals surface area (Å²) in [6.07, 6.45) is 9.54. The normalized spacial score (nSPS) is 17.8. The molecule has 0 radical (unpaired) electrons. The lowest BCUT2D eigenvalue weighted by atomic mass is 9.91. The van der Waals surface area contributed by atoms with Gasteiger partial charge in [0, 0.05) is 17.7 Å². The van der Waals surface area contributed by atoms with Crippen molar-refractivity contribution >= 4 is 11.6 Å². The Hall–Kier alpha value is -3.37. The molecule has 2 fully saturated rings. The first-order valence-corrected chi connectivity index (χ1v) is 13.5. The maximum atomic E-state index is 14.5. The molecular weight excluding hydrogens is 502 g/mol. The van der Waals surface area contributed by atoms with E-state index in [1.54, 1.807) is 6.92 Å². The predicted molar refractivity (Wildman–Crippen MR) is 146 cm³/mol. The van der Waals surface area contributed by atoms with E-state index in [2.05, 4.69) is 38.2 Å². The van der Waals surface area contributed by atoms with Crippen molar-refractivity contribution < 1.29 is 18.3 Å². The zero-order valence-electron chi connectivity index (χ0n) is 22.8. The van der Waals surface area contributed by atoms with Crippen molar-refractivity contribution in [3.8, 4) is 11.5 Å². The summed E-state index contributed by atoms with van der Waals surface area (Å²) in [5.74, 6) is -0.319. The topological polar surface area (TPSA) is 75.6 Å². The number of rotatable bonds is 8. The minimum absolute atomic E-state index is 0.0268. The Kier molecular flexibility index (Phi) is 8.52. The summed E-state index contributed by atoms with van der Waals surface area (Å²) in [6, 6.07) is 6.12. The minimum Gasteiger partial charge on any atom is -0.494 e. The molecule has 4 heterocycles. The fourth-order valence-electron chi connectivity index (χ4n) is 5.46. The van der Waals surface area contributed by atoms with E-state index in [-0.39, 0.29) is 23.5 Å². The number of anilines is 2. The van der Waals surface area contributed by atoms with E-state index in [9.17, 15) is 8.78 Å². The summed E-state index contributed by atoms with van der Waals surface area (Å²) in [5.41, 5.74) is 1.99. The van der Waals surface area contributed by atoms with Crippen molar-refractivity contribution in [2.45, 2.75) is 51.2 Å². The zero-order valence-corrected chi connectivity index (χ0v) is 22.8. The molecule has 2 aromatic heterocycles. The van der Waals surface area contributed by atoms with Gasteiger partial charge in [0.05, 0.1) is 37.0 Å². The molecule has 39 heavy (non-hydrogen) atoms. The smallest absolute Gasteiger partial charge is 0.227 e. The van der Waals surface area contributed by atoms with Gasteiger partial charge in [-0.25, -0.2) is 18.7 Å². The number of aryl methyl sites for hydroxylation is 1. The fraction of sp³-hybridized carbons (Fsp3) is 0.483. The average Bonchev–Trinajstić information content (AvgIpc) is 2.97. The van der Waals surface area contributed by atoms with Gasteiger partial charge in [0.15, 0.2) is 17.3 Å². The van der Waals surface area contributed by atoms with E-state index < -0.39 is 11.6 Å². The molecule has 3 aromatic rings. The van der Waals surface area contributed by atoms with Crippen LogP contribution < -0.4 is 14.8 Å². The highest BCUT2D eigenvalue weighted by atomic mass is 19.1. The molecule has 0 atom stereocenters. The Morgan fingerprint density at radius 1 is 0.949 bits per heavy atom. The van der Waals surface area contributed by atoms with Crippen LogP contribution in [0.2, 0.25) is 0 Å². The number of hydrogen-bond donors (Lipinski definition) is 1. The van der Waals surface area contributed by atoms with Gasteiger partial charge in [-0.05, 0) is 89.6 Å². The molecular formula is C29H36F2N6O2. The van der Waals surface area contributed by atoms with Gasteiger partial charge in [0.1, 0.15) is 12.4 Å². The Labute approximate surface area is 228 Å². The van der Waals surface area contributed by atoms with Crippen molar-refractivity contribution in [2.24, 2.45) is 0 Å². The standard InChI is InChI=1S/C29H36F2N6O2/c1-19-14-26(38-3)28(31)24(27(19)30)18-39-23-16-33-29(34-17-23)35-21-4-5-25(32-15-21)20-6-12-37(13-7-20)22-8-10-36(2)11-9-22/h4-5,14-17,20,22H,6-13,18H2,1-3H3,(H,33,34,35). The number of hydrogen-bond acceptors (Lipinski definition) is 8. The number of piperidine rings is 2. The van der Waals surface area contributed by atoms with E-state index in [0.29, 0.717) is 17.6 Å². The van der Waals surface area contributed by atoms with E-state index >= 15 is 0 Å². The molecule has 0 amide bonds. The first-order chi connectivity index (χ1) is 18.9. The molecule has 8 nitrogen and oxygen atoms in total. The van der Waals surface area contributed by atoms with Crippen molar-refractivity contribution in [2.75, 3.05) is 45.7 Å². The van der Waals surface area contributed by atoms with E-state index in [0.717, 1.165) is 43.4 Å². The van der Waals surface area contributed by atoms with Crippen LogP contribution in [-0.4, -0.2) is 71.1 Å². The number of likely N-dealkylation sites (tertiary alicyclic amines) is 2. The quantitative estimate of drug-likeness (QED) is 0.427. The fourth-order valence-corrected chi connectivity index (χ4v) is 5.46. The molecule has 1 N–H and O–H groups in total. The van der Waals surface area contributed by atoms with Crippen LogP contribution in [0.4, 0.5) is 20.4 Å². The second kappa shape index (κ2) is 12.2. The van der Waals surface area contributed by atoms with E-state index in [1.807, 2.05) is 12.3 Å². The molecule has 1 aromatic carbocycles. The molecule has 0 spiro atoms. The third kappa shape index (κ3) is 6.45. The van der Waals surface area contributed by atoms with Crippen LogP contribution in [0.15, 0.2) is 36.8 Å². The summed E-state index contributed by atoms with van der Waals surface area (Å²) >= 11 is 0. The molecule has 0 bridgehead atoms. The third-order valence-corrected chi connectivity index (χ3v) is 7.87. The molecule has 0 aliphatic carbocycles. The molecule has 2 aliphatic rings. The van der Waals surface area contributed by atoms with Crippen LogP contribution >= 0.6 is 0 Å². The van der Waals surface area contributed by atoms with Gasteiger partial charge in [0.25, 0.3) is 0 Å². The van der Waals surface area contributed by atoms with Crippen molar-refractivity contribution in [3.05, 3.63) is 65.2 Å². The van der Waals surface area contributed by atoms with Crippen LogP contribution in [0.25, 0.3) is 0 Å². The second-order valence-electron chi connectivity index (χ2n) is 10.5. The molecule has 208 valence electrons. The number of nitrogens with zero attached hydrogens (tertiary/aromatic N) is 5. The summed E-state index contributed by atoms with van der Waals surface area (Å²) in [7, 11) is 3.55. The maximum Gasteiger partial charge on any atom is 0.227 e. The van der Waals surface area contributed by atoms with Gasteiger partial charge < -0.3 is 24.6 Å². The van der Waals surface area contributed by atoms with Crippen LogP contribution in [0.3, 0.4) is 0 Å². The number of halogens is 2. The molecule has 2 saturated heterocycles.